The molecule has 0 aliphatic rings. The van der Waals surface area contributed by atoms with E-state index < -0.39 is 0 Å². The quantitative estimate of drug-likeness (QED) is 0.219. The molecule has 8 heteroatoms. The molecule has 1 aromatic carbocycles. The van der Waals surface area contributed by atoms with Gasteiger partial charge in [0, 0.05) is 42.3 Å². The minimum absolute atomic E-state index is 0. The first-order valence-corrected chi connectivity index (χ1v) is 11.2. The van der Waals surface area contributed by atoms with Gasteiger partial charge in [-0.2, -0.15) is 0 Å². The summed E-state index contributed by atoms with van der Waals surface area (Å²) in [4.78, 5) is 14.9. The molecule has 0 radical (unpaired) electrons. The van der Waals surface area contributed by atoms with E-state index in [0.29, 0.717) is 19.0 Å². The fourth-order valence-electron chi connectivity index (χ4n) is 2.82. The Labute approximate surface area is 205 Å². The maximum atomic E-state index is 5.94. The summed E-state index contributed by atoms with van der Waals surface area (Å²) < 4.78 is 5.94. The average Bonchev–Trinajstić information content (AvgIpc) is 3.25. The third-order valence-corrected chi connectivity index (χ3v) is 5.60. The van der Waals surface area contributed by atoms with Crippen molar-refractivity contribution in [3.8, 4) is 5.88 Å². The third kappa shape index (κ3) is 8.45. The Kier molecular flexibility index (Phi) is 11.3. The largest absolute Gasteiger partial charge is 0.473 e. The lowest BCUT2D eigenvalue weighted by Crippen LogP contribution is -2.38. The number of guanidine groups is 1. The summed E-state index contributed by atoms with van der Waals surface area (Å²) in [5, 5.41) is 7.83. The molecule has 2 heterocycles. The number of hydrogen-bond acceptors (Lipinski definition) is 5. The summed E-state index contributed by atoms with van der Waals surface area (Å²) in [7, 11) is 0. The van der Waals surface area contributed by atoms with Crippen LogP contribution in [-0.2, 0) is 26.0 Å². The van der Waals surface area contributed by atoms with Crippen molar-refractivity contribution >= 4 is 41.3 Å². The van der Waals surface area contributed by atoms with Crippen LogP contribution < -0.4 is 15.4 Å². The third-order valence-electron chi connectivity index (χ3n) is 4.40. The fourth-order valence-corrected chi connectivity index (χ4v) is 3.68. The van der Waals surface area contributed by atoms with Crippen LogP contribution in [0.4, 0.5) is 0 Å². The maximum absolute atomic E-state index is 5.94. The van der Waals surface area contributed by atoms with Crippen LogP contribution in [0.1, 0.15) is 34.9 Å². The number of thiazole rings is 1. The molecule has 2 N–H and O–H groups in total. The van der Waals surface area contributed by atoms with Crippen molar-refractivity contribution in [1.29, 1.82) is 0 Å². The Hall–Kier alpha value is -2.20. The van der Waals surface area contributed by atoms with Gasteiger partial charge in [-0.05, 0) is 25.0 Å². The van der Waals surface area contributed by atoms with E-state index in [1.165, 1.54) is 4.88 Å². The first kappa shape index (κ1) is 25.1. The number of rotatable bonds is 10. The number of nitrogens with zero attached hydrogens (tertiary/aromatic N) is 3. The normalized spacial score (nSPS) is 11.0. The number of benzene rings is 1. The first-order valence-electron chi connectivity index (χ1n) is 10.3. The van der Waals surface area contributed by atoms with Gasteiger partial charge in [-0.15, -0.1) is 35.3 Å². The van der Waals surface area contributed by atoms with Crippen molar-refractivity contribution in [2.24, 2.45) is 4.99 Å². The van der Waals surface area contributed by atoms with E-state index in [1.807, 2.05) is 48.7 Å². The molecule has 0 aliphatic heterocycles. The van der Waals surface area contributed by atoms with E-state index in [1.54, 1.807) is 17.5 Å². The molecule has 3 aromatic rings. The van der Waals surface area contributed by atoms with Crippen molar-refractivity contribution in [2.75, 3.05) is 13.1 Å². The van der Waals surface area contributed by atoms with Crippen LogP contribution in [0.25, 0.3) is 0 Å². The fraction of sp³-hybridized carbons (Fsp3) is 0.348. The predicted molar refractivity (Wildman–Crippen MR) is 138 cm³/mol. The molecule has 0 amide bonds. The van der Waals surface area contributed by atoms with Gasteiger partial charge in [-0.3, -0.25) is 0 Å². The van der Waals surface area contributed by atoms with Gasteiger partial charge in [0.15, 0.2) is 5.96 Å². The molecule has 31 heavy (non-hydrogen) atoms. The van der Waals surface area contributed by atoms with E-state index in [-0.39, 0.29) is 24.0 Å². The summed E-state index contributed by atoms with van der Waals surface area (Å²) in [6, 6.07) is 14.0. The van der Waals surface area contributed by atoms with E-state index in [0.717, 1.165) is 48.0 Å². The van der Waals surface area contributed by atoms with Crippen molar-refractivity contribution in [2.45, 2.75) is 39.8 Å². The van der Waals surface area contributed by atoms with Gasteiger partial charge in [0.2, 0.25) is 5.88 Å². The summed E-state index contributed by atoms with van der Waals surface area (Å²) >= 11 is 1.78. The van der Waals surface area contributed by atoms with Crippen LogP contribution in [0.5, 0.6) is 5.88 Å². The minimum atomic E-state index is 0. The Morgan fingerprint density at radius 2 is 1.90 bits per heavy atom. The topological polar surface area (TPSA) is 71.4 Å². The van der Waals surface area contributed by atoms with Gasteiger partial charge in [-0.25, -0.2) is 15.0 Å². The second-order valence-electron chi connectivity index (χ2n) is 6.69. The van der Waals surface area contributed by atoms with Crippen LogP contribution in [0, 0.1) is 0 Å². The van der Waals surface area contributed by atoms with E-state index in [4.69, 9.17) is 9.73 Å². The maximum Gasteiger partial charge on any atom is 0.218 e. The second-order valence-corrected chi connectivity index (χ2v) is 7.89. The molecule has 166 valence electrons. The summed E-state index contributed by atoms with van der Waals surface area (Å²) in [5.41, 5.74) is 2.07. The molecular formula is C23H30IN5OS. The molecule has 2 aromatic heterocycles. The van der Waals surface area contributed by atoms with Gasteiger partial charge >= 0.3 is 0 Å². The zero-order valence-corrected chi connectivity index (χ0v) is 21.2. The number of aromatic nitrogens is 2. The van der Waals surface area contributed by atoms with Gasteiger partial charge in [-0.1, -0.05) is 43.3 Å². The number of nitrogens with one attached hydrogen (secondary N) is 2. The Morgan fingerprint density at radius 3 is 2.65 bits per heavy atom. The van der Waals surface area contributed by atoms with Crippen molar-refractivity contribution < 1.29 is 4.74 Å². The molecular weight excluding hydrogens is 521 g/mol. The summed E-state index contributed by atoms with van der Waals surface area (Å²) in [6.07, 6.45) is 5.64. The zero-order valence-electron chi connectivity index (χ0n) is 18.0. The highest BCUT2D eigenvalue weighted by molar-refractivity contribution is 14.0. The lowest BCUT2D eigenvalue weighted by atomic mass is 10.2. The zero-order chi connectivity index (χ0) is 21.0. The average molecular weight is 551 g/mol. The number of hydrogen-bond donors (Lipinski definition) is 2. The molecule has 0 saturated carbocycles. The highest BCUT2D eigenvalue weighted by Crippen LogP contribution is 2.17. The Morgan fingerprint density at radius 1 is 1.06 bits per heavy atom. The van der Waals surface area contributed by atoms with Gasteiger partial charge in [0.25, 0.3) is 0 Å². The van der Waals surface area contributed by atoms with Crippen LogP contribution in [0.3, 0.4) is 0 Å². The van der Waals surface area contributed by atoms with Crippen molar-refractivity contribution in [3.05, 3.63) is 75.9 Å². The van der Waals surface area contributed by atoms with Crippen LogP contribution in [-0.4, -0.2) is 29.0 Å². The first-order chi connectivity index (χ1) is 14.8. The van der Waals surface area contributed by atoms with Gasteiger partial charge in [0.1, 0.15) is 6.61 Å². The number of pyridine rings is 1. The van der Waals surface area contributed by atoms with E-state index in [2.05, 4.69) is 34.4 Å². The van der Waals surface area contributed by atoms with E-state index >= 15 is 0 Å². The molecule has 6 nitrogen and oxygen atoms in total. The summed E-state index contributed by atoms with van der Waals surface area (Å²) in [6.45, 7) is 6.77. The van der Waals surface area contributed by atoms with Gasteiger partial charge < -0.3 is 15.4 Å². The SMILES string of the molecule is CCNC(=NCc1cccnc1OCc1ccccc1)NCCc1ncc(CC)s1.I. The molecule has 0 bridgehead atoms. The molecule has 0 atom stereocenters. The van der Waals surface area contributed by atoms with Gasteiger partial charge in [0.05, 0.1) is 11.6 Å². The standard InChI is InChI=1S/C23H29N5OS.HI/c1-3-20-16-27-21(30-20)12-14-26-23(24-4-2)28-15-19-11-8-13-25-22(19)29-17-18-9-6-5-7-10-18;/h5-11,13,16H,3-4,12,14-15,17H2,1-2H3,(H2,24,26,28);1H. The second kappa shape index (κ2) is 14.0. The lowest BCUT2D eigenvalue weighted by molar-refractivity contribution is 0.290. The number of halogens is 1. The highest BCUT2D eigenvalue weighted by atomic mass is 127. The number of aryl methyl sites for hydroxylation is 1. The lowest BCUT2D eigenvalue weighted by Gasteiger charge is -2.12. The van der Waals surface area contributed by atoms with Crippen LogP contribution in [0.15, 0.2) is 59.9 Å². The molecule has 0 fully saturated rings. The Bertz CT molecular complexity index is 932. The monoisotopic (exact) mass is 551 g/mol. The van der Waals surface area contributed by atoms with Crippen molar-refractivity contribution in [3.63, 3.8) is 0 Å². The highest BCUT2D eigenvalue weighted by Gasteiger charge is 2.06. The number of ether oxygens (including phenoxy) is 1. The molecule has 0 spiro atoms. The van der Waals surface area contributed by atoms with Crippen LogP contribution in [0.2, 0.25) is 0 Å². The molecule has 0 saturated heterocycles. The summed E-state index contributed by atoms with van der Waals surface area (Å²) in [5.74, 6) is 1.40. The molecule has 0 unspecified atom stereocenters. The smallest absolute Gasteiger partial charge is 0.218 e. The molecule has 0 aliphatic carbocycles. The minimum Gasteiger partial charge on any atom is -0.473 e. The Balaban J connectivity index is 0.00000341. The molecule has 3 rings (SSSR count). The van der Waals surface area contributed by atoms with Crippen molar-refractivity contribution in [1.82, 2.24) is 20.6 Å². The van der Waals surface area contributed by atoms with Crippen LogP contribution >= 0.6 is 35.3 Å². The van der Waals surface area contributed by atoms with E-state index in [9.17, 15) is 0 Å². The predicted octanol–water partition coefficient (Wildman–Crippen LogP) is 4.60. The number of aliphatic imine (C=N–C) groups is 1.